The zero-order chi connectivity index (χ0) is 14.5. The molecule has 0 aliphatic carbocycles. The minimum absolute atomic E-state index is 0.164. The van der Waals surface area contributed by atoms with Gasteiger partial charge in [-0.25, -0.2) is 0 Å². The Labute approximate surface area is 122 Å². The molecular weight excluding hydrogens is 310 g/mol. The van der Waals surface area contributed by atoms with E-state index in [1.54, 1.807) is 7.11 Å². The van der Waals surface area contributed by atoms with Gasteiger partial charge in [-0.3, -0.25) is 4.79 Å². The second-order valence-electron chi connectivity index (χ2n) is 4.91. The topological polar surface area (TPSA) is 47.6 Å². The molecule has 1 aromatic carbocycles. The fourth-order valence-electron chi connectivity index (χ4n) is 1.85. The lowest BCUT2D eigenvalue weighted by atomic mass is 9.84. The number of carbonyl (C=O) groups excluding carboxylic acids is 1. The highest BCUT2D eigenvalue weighted by Crippen LogP contribution is 2.33. The van der Waals surface area contributed by atoms with Gasteiger partial charge in [-0.05, 0) is 18.2 Å². The minimum Gasteiger partial charge on any atom is -0.496 e. The van der Waals surface area contributed by atoms with Crippen LogP contribution in [0.15, 0.2) is 22.7 Å². The molecule has 4 nitrogen and oxygen atoms in total. The van der Waals surface area contributed by atoms with E-state index in [1.165, 1.54) is 7.11 Å². The second-order valence-corrected chi connectivity index (χ2v) is 5.82. The van der Waals surface area contributed by atoms with E-state index in [1.807, 2.05) is 18.2 Å². The Bertz CT molecular complexity index is 446. The lowest BCUT2D eigenvalue weighted by Gasteiger charge is -2.27. The molecule has 0 radical (unpaired) electrons. The number of rotatable bonds is 6. The van der Waals surface area contributed by atoms with Crippen LogP contribution in [0.3, 0.4) is 0 Å². The fraction of sp³-hybridized carbons (Fsp3) is 0.500. The van der Waals surface area contributed by atoms with Crippen molar-refractivity contribution in [3.05, 3.63) is 28.2 Å². The lowest BCUT2D eigenvalue weighted by Crippen LogP contribution is -2.36. The molecule has 0 bridgehead atoms. The highest BCUT2D eigenvalue weighted by Gasteiger charge is 2.24. The molecule has 0 saturated carbocycles. The third-order valence-corrected chi connectivity index (χ3v) is 3.45. The number of halogens is 1. The smallest absolute Gasteiger partial charge is 0.319 e. The first-order chi connectivity index (χ1) is 8.90. The van der Waals surface area contributed by atoms with Crippen LogP contribution in [-0.4, -0.2) is 33.3 Å². The number of hydrogen-bond donors (Lipinski definition) is 1. The van der Waals surface area contributed by atoms with E-state index in [9.17, 15) is 4.79 Å². The highest BCUT2D eigenvalue weighted by molar-refractivity contribution is 9.10. The van der Waals surface area contributed by atoms with Crippen LogP contribution >= 0.6 is 15.9 Å². The predicted octanol–water partition coefficient (Wildman–Crippen LogP) is 2.50. The van der Waals surface area contributed by atoms with Gasteiger partial charge in [0.15, 0.2) is 0 Å². The monoisotopic (exact) mass is 329 g/mol. The number of esters is 1. The Hall–Kier alpha value is -1.07. The summed E-state index contributed by atoms with van der Waals surface area (Å²) in [7, 11) is 3.04. The Morgan fingerprint density at radius 3 is 2.63 bits per heavy atom. The van der Waals surface area contributed by atoms with Crippen molar-refractivity contribution in [3.8, 4) is 5.75 Å². The maximum atomic E-state index is 11.1. The summed E-state index contributed by atoms with van der Waals surface area (Å²) in [5.74, 6) is 0.574. The Morgan fingerprint density at radius 1 is 1.37 bits per heavy atom. The SMILES string of the molecule is COC(=O)CNCC(C)(C)c1cc(Br)ccc1OC. The molecule has 0 aliphatic heterocycles. The summed E-state index contributed by atoms with van der Waals surface area (Å²) >= 11 is 3.47. The molecule has 0 atom stereocenters. The van der Waals surface area contributed by atoms with Gasteiger partial charge in [-0.1, -0.05) is 29.8 Å². The first kappa shape index (κ1) is 16.0. The molecule has 0 fully saturated rings. The van der Waals surface area contributed by atoms with Gasteiger partial charge in [-0.15, -0.1) is 0 Å². The van der Waals surface area contributed by atoms with Crippen molar-refractivity contribution < 1.29 is 14.3 Å². The maximum absolute atomic E-state index is 11.1. The van der Waals surface area contributed by atoms with Crippen molar-refractivity contribution in [2.45, 2.75) is 19.3 Å². The average Bonchev–Trinajstić information content (AvgIpc) is 2.38. The van der Waals surface area contributed by atoms with Gasteiger partial charge in [0.05, 0.1) is 20.8 Å². The molecule has 1 rings (SSSR count). The molecule has 0 aromatic heterocycles. The van der Waals surface area contributed by atoms with Gasteiger partial charge in [0.1, 0.15) is 5.75 Å². The third kappa shape index (κ3) is 4.51. The van der Waals surface area contributed by atoms with E-state index in [2.05, 4.69) is 39.8 Å². The van der Waals surface area contributed by atoms with E-state index in [4.69, 9.17) is 4.74 Å². The molecule has 5 heteroatoms. The molecule has 19 heavy (non-hydrogen) atoms. The van der Waals surface area contributed by atoms with Crippen molar-refractivity contribution in [2.24, 2.45) is 0 Å². The fourth-order valence-corrected chi connectivity index (χ4v) is 2.21. The summed E-state index contributed by atoms with van der Waals surface area (Å²) in [5.41, 5.74) is 0.921. The Morgan fingerprint density at radius 2 is 2.05 bits per heavy atom. The molecule has 0 saturated heterocycles. The van der Waals surface area contributed by atoms with E-state index < -0.39 is 0 Å². The van der Waals surface area contributed by atoms with Gasteiger partial charge in [0.25, 0.3) is 0 Å². The normalized spacial score (nSPS) is 11.2. The molecule has 106 valence electrons. The third-order valence-electron chi connectivity index (χ3n) is 2.95. The number of hydrogen-bond acceptors (Lipinski definition) is 4. The van der Waals surface area contributed by atoms with E-state index in [0.717, 1.165) is 15.8 Å². The Balaban J connectivity index is 2.81. The first-order valence-corrected chi connectivity index (χ1v) is 6.81. The number of ether oxygens (including phenoxy) is 2. The predicted molar refractivity (Wildman–Crippen MR) is 78.6 cm³/mol. The van der Waals surface area contributed by atoms with Crippen LogP contribution in [0.25, 0.3) is 0 Å². The van der Waals surface area contributed by atoms with Crippen molar-refractivity contribution in [1.29, 1.82) is 0 Å². The minimum atomic E-state index is -0.267. The number of carbonyl (C=O) groups is 1. The molecule has 1 N–H and O–H groups in total. The van der Waals surface area contributed by atoms with Crippen LogP contribution in [0.4, 0.5) is 0 Å². The summed E-state index contributed by atoms with van der Waals surface area (Å²) < 4.78 is 11.0. The summed E-state index contributed by atoms with van der Waals surface area (Å²) in [5, 5.41) is 3.10. The van der Waals surface area contributed by atoms with Crippen LogP contribution in [-0.2, 0) is 14.9 Å². The van der Waals surface area contributed by atoms with E-state index in [0.29, 0.717) is 6.54 Å². The zero-order valence-electron chi connectivity index (χ0n) is 11.7. The largest absolute Gasteiger partial charge is 0.496 e. The number of nitrogens with one attached hydrogen (secondary N) is 1. The van der Waals surface area contributed by atoms with Crippen LogP contribution in [0, 0.1) is 0 Å². The van der Waals surface area contributed by atoms with Crippen molar-refractivity contribution >= 4 is 21.9 Å². The zero-order valence-corrected chi connectivity index (χ0v) is 13.3. The maximum Gasteiger partial charge on any atom is 0.319 e. The van der Waals surface area contributed by atoms with Crippen LogP contribution in [0.2, 0.25) is 0 Å². The Kier molecular flexibility index (Phi) is 5.82. The highest BCUT2D eigenvalue weighted by atomic mass is 79.9. The van der Waals surface area contributed by atoms with Crippen molar-refractivity contribution in [2.75, 3.05) is 27.3 Å². The molecule has 0 unspecified atom stereocenters. The van der Waals surface area contributed by atoms with Gasteiger partial charge in [0.2, 0.25) is 0 Å². The first-order valence-electron chi connectivity index (χ1n) is 6.02. The number of benzene rings is 1. The van der Waals surface area contributed by atoms with Crippen LogP contribution in [0.5, 0.6) is 5.75 Å². The van der Waals surface area contributed by atoms with Crippen LogP contribution < -0.4 is 10.1 Å². The molecule has 0 spiro atoms. The van der Waals surface area contributed by atoms with Crippen molar-refractivity contribution in [1.82, 2.24) is 5.32 Å². The molecule has 0 heterocycles. The number of methoxy groups -OCH3 is 2. The standard InChI is InChI=1S/C14H20BrNO3/c1-14(2,9-16-8-13(17)19-4)11-7-10(15)5-6-12(11)18-3/h5-7,16H,8-9H2,1-4H3. The molecular formula is C14H20BrNO3. The van der Waals surface area contributed by atoms with E-state index >= 15 is 0 Å². The van der Waals surface area contributed by atoms with Gasteiger partial charge >= 0.3 is 5.97 Å². The van der Waals surface area contributed by atoms with Gasteiger partial charge < -0.3 is 14.8 Å². The lowest BCUT2D eigenvalue weighted by molar-refractivity contribution is -0.139. The summed E-state index contributed by atoms with van der Waals surface area (Å²) in [6.07, 6.45) is 0. The second kappa shape index (κ2) is 6.91. The summed E-state index contributed by atoms with van der Waals surface area (Å²) in [6, 6.07) is 5.92. The molecule has 1 aromatic rings. The summed E-state index contributed by atoms with van der Waals surface area (Å²) in [6.45, 7) is 5.05. The molecule has 0 amide bonds. The van der Waals surface area contributed by atoms with Crippen molar-refractivity contribution in [3.63, 3.8) is 0 Å². The average molecular weight is 330 g/mol. The van der Waals surface area contributed by atoms with E-state index in [-0.39, 0.29) is 17.9 Å². The van der Waals surface area contributed by atoms with Gasteiger partial charge in [0, 0.05) is 22.0 Å². The van der Waals surface area contributed by atoms with Gasteiger partial charge in [-0.2, -0.15) is 0 Å². The summed E-state index contributed by atoms with van der Waals surface area (Å²) in [4.78, 5) is 11.1. The van der Waals surface area contributed by atoms with Crippen LogP contribution in [0.1, 0.15) is 19.4 Å². The molecule has 0 aliphatic rings. The quantitative estimate of drug-likeness (QED) is 0.814.